The molecule has 19 heavy (non-hydrogen) atoms. The second-order valence-electron chi connectivity index (χ2n) is 4.58. The first-order valence-corrected chi connectivity index (χ1v) is 6.50. The minimum Gasteiger partial charge on any atom is -0.265 e. The molecule has 0 atom stereocenters. The molecular formula is C17H16N2. The molecule has 1 aliphatic rings. The Hall–Kier alpha value is -2.35. The van der Waals surface area contributed by atoms with Crippen LogP contribution >= 0.6 is 0 Å². The van der Waals surface area contributed by atoms with Gasteiger partial charge in [-0.2, -0.15) is 5.10 Å². The van der Waals surface area contributed by atoms with Crippen molar-refractivity contribution in [2.24, 2.45) is 5.10 Å². The van der Waals surface area contributed by atoms with Gasteiger partial charge in [0, 0.05) is 13.0 Å². The third-order valence-electron chi connectivity index (χ3n) is 3.34. The molecule has 0 amide bonds. The molecule has 0 N–H and O–H groups in total. The Labute approximate surface area is 113 Å². The normalized spacial score (nSPS) is 14.3. The number of nitrogens with zero attached hydrogens (tertiary/aromatic N) is 2. The van der Waals surface area contributed by atoms with Crippen LogP contribution in [0.5, 0.6) is 0 Å². The highest BCUT2D eigenvalue weighted by Gasteiger charge is 2.16. The Balaban J connectivity index is 1.84. The van der Waals surface area contributed by atoms with Crippen LogP contribution in [0.1, 0.15) is 17.5 Å². The van der Waals surface area contributed by atoms with Crippen molar-refractivity contribution in [1.29, 1.82) is 0 Å². The fourth-order valence-corrected chi connectivity index (χ4v) is 2.26. The van der Waals surface area contributed by atoms with E-state index in [1.165, 1.54) is 5.56 Å². The van der Waals surface area contributed by atoms with Crippen molar-refractivity contribution in [1.82, 2.24) is 0 Å². The Morgan fingerprint density at radius 1 is 1.00 bits per heavy atom. The minimum atomic E-state index is 0.947. The smallest absolute Gasteiger partial charge is 0.0700 e. The van der Waals surface area contributed by atoms with Crippen LogP contribution in [0, 0.1) is 0 Å². The molecule has 0 fully saturated rings. The summed E-state index contributed by atoms with van der Waals surface area (Å²) in [4.78, 5) is 0. The number of benzene rings is 2. The summed E-state index contributed by atoms with van der Waals surface area (Å²) in [7, 11) is 0. The fourth-order valence-electron chi connectivity index (χ4n) is 2.26. The first-order chi connectivity index (χ1) is 9.36. The van der Waals surface area contributed by atoms with Gasteiger partial charge in [-0.3, -0.25) is 5.01 Å². The van der Waals surface area contributed by atoms with Crippen LogP contribution in [0.3, 0.4) is 0 Å². The van der Waals surface area contributed by atoms with Crippen LogP contribution in [0.4, 0.5) is 5.69 Å². The van der Waals surface area contributed by atoms with Crippen molar-refractivity contribution >= 4 is 17.5 Å². The van der Waals surface area contributed by atoms with E-state index in [4.69, 9.17) is 5.10 Å². The summed E-state index contributed by atoms with van der Waals surface area (Å²) < 4.78 is 0. The third kappa shape index (κ3) is 2.43. The van der Waals surface area contributed by atoms with Gasteiger partial charge in [-0.1, -0.05) is 55.1 Å². The lowest BCUT2D eigenvalue weighted by atomic mass is 10.1. The van der Waals surface area contributed by atoms with Crippen LogP contribution in [0.25, 0.3) is 6.08 Å². The molecule has 0 bridgehead atoms. The zero-order chi connectivity index (χ0) is 13.1. The van der Waals surface area contributed by atoms with Gasteiger partial charge in [0.1, 0.15) is 0 Å². The lowest BCUT2D eigenvalue weighted by molar-refractivity contribution is 0.922. The molecule has 1 aliphatic heterocycles. The number of para-hydroxylation sites is 1. The van der Waals surface area contributed by atoms with Crippen molar-refractivity contribution < 1.29 is 0 Å². The number of anilines is 1. The van der Waals surface area contributed by atoms with Gasteiger partial charge in [-0.05, 0) is 23.3 Å². The van der Waals surface area contributed by atoms with Gasteiger partial charge in [-0.15, -0.1) is 0 Å². The summed E-state index contributed by atoms with van der Waals surface area (Å²) in [6.45, 7) is 4.72. The molecule has 0 radical (unpaired) electrons. The second-order valence-corrected chi connectivity index (χ2v) is 4.58. The van der Waals surface area contributed by atoms with E-state index in [9.17, 15) is 0 Å². The Morgan fingerprint density at radius 2 is 1.74 bits per heavy atom. The topological polar surface area (TPSA) is 15.6 Å². The Kier molecular flexibility index (Phi) is 3.15. The van der Waals surface area contributed by atoms with Crippen LogP contribution < -0.4 is 5.01 Å². The standard InChI is InChI=1S/C17H16N2/c1-2-14-8-10-15(11-9-14)17-12-13-19(18-17)16-6-4-3-5-7-16/h2-11H,1,12-13H2. The number of rotatable bonds is 3. The lowest BCUT2D eigenvalue weighted by Gasteiger charge is -2.12. The Morgan fingerprint density at radius 3 is 2.42 bits per heavy atom. The van der Waals surface area contributed by atoms with E-state index < -0.39 is 0 Å². The van der Waals surface area contributed by atoms with E-state index in [2.05, 4.69) is 48.0 Å². The Bertz CT molecular complexity index is 597. The van der Waals surface area contributed by atoms with Gasteiger partial charge in [0.2, 0.25) is 0 Å². The highest BCUT2D eigenvalue weighted by molar-refractivity contribution is 6.02. The SMILES string of the molecule is C=Cc1ccc(C2=NN(c3ccccc3)CC2)cc1. The zero-order valence-electron chi connectivity index (χ0n) is 10.8. The lowest BCUT2D eigenvalue weighted by Crippen LogP contribution is -2.11. The highest BCUT2D eigenvalue weighted by Crippen LogP contribution is 2.21. The quantitative estimate of drug-likeness (QED) is 0.803. The van der Waals surface area contributed by atoms with Crippen LogP contribution in [-0.2, 0) is 0 Å². The number of hydrazone groups is 1. The molecule has 0 aromatic heterocycles. The van der Waals surface area contributed by atoms with Crippen LogP contribution in [0.2, 0.25) is 0 Å². The van der Waals surface area contributed by atoms with E-state index in [1.807, 2.05) is 24.3 Å². The molecule has 0 saturated carbocycles. The van der Waals surface area contributed by atoms with Crippen molar-refractivity contribution in [3.8, 4) is 0 Å². The summed E-state index contributed by atoms with van der Waals surface area (Å²) >= 11 is 0. The van der Waals surface area contributed by atoms with E-state index in [1.54, 1.807) is 0 Å². The first kappa shape index (κ1) is 11.7. The summed E-state index contributed by atoms with van der Waals surface area (Å²) in [6.07, 6.45) is 2.85. The maximum absolute atomic E-state index is 4.71. The molecule has 0 saturated heterocycles. The predicted octanol–water partition coefficient (Wildman–Crippen LogP) is 3.94. The molecule has 0 aliphatic carbocycles. The van der Waals surface area contributed by atoms with Gasteiger partial charge < -0.3 is 0 Å². The zero-order valence-corrected chi connectivity index (χ0v) is 10.8. The molecule has 1 heterocycles. The van der Waals surface area contributed by atoms with Gasteiger partial charge >= 0.3 is 0 Å². The number of hydrogen-bond acceptors (Lipinski definition) is 2. The largest absolute Gasteiger partial charge is 0.265 e. The average Bonchev–Trinajstić information content (AvgIpc) is 2.98. The van der Waals surface area contributed by atoms with E-state index >= 15 is 0 Å². The van der Waals surface area contributed by atoms with Crippen LogP contribution in [-0.4, -0.2) is 12.3 Å². The highest BCUT2D eigenvalue weighted by atomic mass is 15.5. The van der Waals surface area contributed by atoms with Crippen molar-refractivity contribution in [3.63, 3.8) is 0 Å². The van der Waals surface area contributed by atoms with Gasteiger partial charge in [0.05, 0.1) is 11.4 Å². The molecule has 2 nitrogen and oxygen atoms in total. The molecule has 3 rings (SSSR count). The molecule has 2 aromatic rings. The molecule has 94 valence electrons. The van der Waals surface area contributed by atoms with Gasteiger partial charge in [-0.25, -0.2) is 0 Å². The summed E-state index contributed by atoms with van der Waals surface area (Å²) in [5.41, 5.74) is 4.64. The van der Waals surface area contributed by atoms with Gasteiger partial charge in [0.25, 0.3) is 0 Å². The molecule has 2 aromatic carbocycles. The molecule has 0 unspecified atom stereocenters. The summed E-state index contributed by atoms with van der Waals surface area (Å²) in [5.74, 6) is 0. The molecule has 2 heteroatoms. The summed E-state index contributed by atoms with van der Waals surface area (Å²) in [6, 6.07) is 18.7. The van der Waals surface area contributed by atoms with Gasteiger partial charge in [0.15, 0.2) is 0 Å². The van der Waals surface area contributed by atoms with E-state index in [0.717, 1.165) is 29.9 Å². The predicted molar refractivity (Wildman–Crippen MR) is 81.5 cm³/mol. The van der Waals surface area contributed by atoms with Crippen molar-refractivity contribution in [3.05, 3.63) is 72.3 Å². The van der Waals surface area contributed by atoms with E-state index in [0.29, 0.717) is 0 Å². The first-order valence-electron chi connectivity index (χ1n) is 6.50. The monoisotopic (exact) mass is 248 g/mol. The maximum atomic E-state index is 4.71. The number of hydrogen-bond donors (Lipinski definition) is 0. The second kappa shape index (κ2) is 5.11. The van der Waals surface area contributed by atoms with Crippen molar-refractivity contribution in [2.75, 3.05) is 11.6 Å². The summed E-state index contributed by atoms with van der Waals surface area (Å²) in [5, 5.41) is 6.77. The average molecular weight is 248 g/mol. The minimum absolute atomic E-state index is 0.947. The fraction of sp³-hybridized carbons (Fsp3) is 0.118. The van der Waals surface area contributed by atoms with Crippen molar-refractivity contribution in [2.45, 2.75) is 6.42 Å². The molecule has 0 spiro atoms. The molecular weight excluding hydrogens is 232 g/mol. The van der Waals surface area contributed by atoms with E-state index in [-0.39, 0.29) is 0 Å². The third-order valence-corrected chi connectivity index (χ3v) is 3.34. The van der Waals surface area contributed by atoms with Crippen LogP contribution in [0.15, 0.2) is 66.3 Å². The maximum Gasteiger partial charge on any atom is 0.0700 e.